The van der Waals surface area contributed by atoms with Crippen LogP contribution in [0.15, 0.2) is 23.6 Å². The number of benzene rings is 1. The zero-order chi connectivity index (χ0) is 14.1. The van der Waals surface area contributed by atoms with Gasteiger partial charge in [-0.15, -0.1) is 11.3 Å². The third kappa shape index (κ3) is 2.77. The van der Waals surface area contributed by atoms with Gasteiger partial charge >= 0.3 is 6.03 Å². The first-order valence-electron chi connectivity index (χ1n) is 6.11. The molecule has 2 amide bonds. The van der Waals surface area contributed by atoms with Crippen molar-refractivity contribution in [1.82, 2.24) is 4.98 Å². The number of aromatic nitrogens is 1. The molecule has 7 heteroatoms. The van der Waals surface area contributed by atoms with E-state index < -0.39 is 23.4 Å². The van der Waals surface area contributed by atoms with Crippen molar-refractivity contribution in [3.05, 3.63) is 40.9 Å². The molecule has 20 heavy (non-hydrogen) atoms. The Labute approximate surface area is 117 Å². The Morgan fingerprint density at radius 1 is 1.25 bits per heavy atom. The van der Waals surface area contributed by atoms with Crippen LogP contribution in [0.1, 0.15) is 24.5 Å². The lowest BCUT2D eigenvalue weighted by Gasteiger charge is -2.07. The lowest BCUT2D eigenvalue weighted by atomic mass is 10.3. The molecule has 1 aromatic heterocycles. The van der Waals surface area contributed by atoms with Crippen molar-refractivity contribution >= 4 is 28.2 Å². The van der Waals surface area contributed by atoms with E-state index in [9.17, 15) is 13.6 Å². The minimum Gasteiger partial charge on any atom is -0.302 e. The molecule has 1 saturated carbocycles. The first kappa shape index (κ1) is 13.0. The second-order valence-corrected chi connectivity index (χ2v) is 5.39. The number of halogens is 2. The fourth-order valence-corrected chi connectivity index (χ4v) is 2.56. The van der Waals surface area contributed by atoms with E-state index in [2.05, 4.69) is 15.6 Å². The van der Waals surface area contributed by atoms with E-state index in [1.54, 1.807) is 0 Å². The standard InChI is InChI=1S/C13H11F2N3OS/c14-8-2-1-3-9(15)11(8)17-12(19)18-13-16-10(6-20-13)7-4-5-7/h1-3,6-7H,4-5H2,(H2,16,17,18,19). The summed E-state index contributed by atoms with van der Waals surface area (Å²) in [5.41, 5.74) is 0.492. The molecule has 0 bridgehead atoms. The maximum Gasteiger partial charge on any atom is 0.325 e. The molecule has 2 aromatic rings. The molecule has 4 nitrogen and oxygen atoms in total. The molecular formula is C13H11F2N3OS. The largest absolute Gasteiger partial charge is 0.325 e. The second-order valence-electron chi connectivity index (χ2n) is 4.53. The van der Waals surface area contributed by atoms with Crippen LogP contribution in [0, 0.1) is 11.6 Å². The SMILES string of the molecule is O=C(Nc1nc(C2CC2)cs1)Nc1c(F)cccc1F. The summed E-state index contributed by atoms with van der Waals surface area (Å²) in [5, 5.41) is 6.92. The zero-order valence-electron chi connectivity index (χ0n) is 10.3. The molecule has 1 fully saturated rings. The highest BCUT2D eigenvalue weighted by atomic mass is 32.1. The van der Waals surface area contributed by atoms with Gasteiger partial charge in [0.1, 0.15) is 17.3 Å². The van der Waals surface area contributed by atoms with Crippen LogP contribution in [0.4, 0.5) is 24.4 Å². The Morgan fingerprint density at radius 3 is 2.60 bits per heavy atom. The molecule has 3 rings (SSSR count). The summed E-state index contributed by atoms with van der Waals surface area (Å²) in [7, 11) is 0. The highest BCUT2D eigenvalue weighted by Gasteiger charge is 2.26. The molecule has 0 spiro atoms. The van der Waals surface area contributed by atoms with Gasteiger partial charge in [-0.05, 0) is 25.0 Å². The molecule has 104 valence electrons. The monoisotopic (exact) mass is 295 g/mol. The van der Waals surface area contributed by atoms with Gasteiger partial charge in [-0.1, -0.05) is 6.07 Å². The Hall–Kier alpha value is -2.02. The number of nitrogens with one attached hydrogen (secondary N) is 2. The minimum atomic E-state index is -0.821. The number of hydrogen-bond acceptors (Lipinski definition) is 3. The number of rotatable bonds is 3. The number of para-hydroxylation sites is 1. The van der Waals surface area contributed by atoms with Crippen LogP contribution in [0.25, 0.3) is 0 Å². The Balaban J connectivity index is 1.66. The van der Waals surface area contributed by atoms with E-state index in [-0.39, 0.29) is 0 Å². The maximum atomic E-state index is 13.4. The molecular weight excluding hydrogens is 284 g/mol. The van der Waals surface area contributed by atoms with Gasteiger partial charge < -0.3 is 5.32 Å². The predicted molar refractivity (Wildman–Crippen MR) is 73.1 cm³/mol. The number of nitrogens with zero attached hydrogens (tertiary/aromatic N) is 1. The summed E-state index contributed by atoms with van der Waals surface area (Å²) < 4.78 is 26.7. The fourth-order valence-electron chi connectivity index (χ4n) is 1.77. The molecule has 1 aliphatic rings. The Morgan fingerprint density at radius 2 is 1.95 bits per heavy atom. The van der Waals surface area contributed by atoms with Crippen molar-refractivity contribution in [3.8, 4) is 0 Å². The molecule has 1 aromatic carbocycles. The number of anilines is 2. The molecule has 1 heterocycles. The van der Waals surface area contributed by atoms with E-state index in [1.165, 1.54) is 17.4 Å². The average Bonchev–Trinajstić information content (AvgIpc) is 3.15. The first-order valence-corrected chi connectivity index (χ1v) is 6.99. The van der Waals surface area contributed by atoms with E-state index in [1.807, 2.05) is 5.38 Å². The summed E-state index contributed by atoms with van der Waals surface area (Å²) in [4.78, 5) is 15.9. The topological polar surface area (TPSA) is 54.0 Å². The van der Waals surface area contributed by atoms with Gasteiger partial charge in [0, 0.05) is 11.3 Å². The highest BCUT2D eigenvalue weighted by Crippen LogP contribution is 2.40. The number of thiazole rings is 1. The summed E-state index contributed by atoms with van der Waals surface area (Å²) in [5.74, 6) is -1.15. The summed E-state index contributed by atoms with van der Waals surface area (Å²) in [6.45, 7) is 0. The molecule has 0 atom stereocenters. The van der Waals surface area contributed by atoms with Crippen molar-refractivity contribution in [1.29, 1.82) is 0 Å². The predicted octanol–water partition coefficient (Wildman–Crippen LogP) is 3.94. The van der Waals surface area contributed by atoms with Gasteiger partial charge in [-0.25, -0.2) is 18.6 Å². The molecule has 0 unspecified atom stereocenters. The van der Waals surface area contributed by atoms with Crippen LogP contribution in [0.5, 0.6) is 0 Å². The zero-order valence-corrected chi connectivity index (χ0v) is 11.1. The van der Waals surface area contributed by atoms with Gasteiger partial charge in [-0.3, -0.25) is 5.32 Å². The summed E-state index contributed by atoms with van der Waals surface area (Å²) in [6, 6.07) is 2.67. The van der Waals surface area contributed by atoms with Gasteiger partial charge in [0.15, 0.2) is 5.13 Å². The number of carbonyl (C=O) groups is 1. The van der Waals surface area contributed by atoms with Crippen molar-refractivity contribution in [2.24, 2.45) is 0 Å². The van der Waals surface area contributed by atoms with E-state index >= 15 is 0 Å². The normalized spacial score (nSPS) is 14.1. The quantitative estimate of drug-likeness (QED) is 0.901. The van der Waals surface area contributed by atoms with Crippen LogP contribution in [-0.2, 0) is 0 Å². The lowest BCUT2D eigenvalue weighted by molar-refractivity contribution is 0.262. The number of hydrogen-bond donors (Lipinski definition) is 2. The molecule has 1 aliphatic carbocycles. The molecule has 0 saturated heterocycles. The number of carbonyl (C=O) groups excluding carboxylic acids is 1. The van der Waals surface area contributed by atoms with Crippen molar-refractivity contribution in [2.75, 3.05) is 10.6 Å². The summed E-state index contributed by atoms with van der Waals surface area (Å²) >= 11 is 1.29. The average molecular weight is 295 g/mol. The van der Waals surface area contributed by atoms with Crippen LogP contribution in [0.2, 0.25) is 0 Å². The van der Waals surface area contributed by atoms with E-state index in [0.717, 1.165) is 30.7 Å². The van der Waals surface area contributed by atoms with Crippen LogP contribution < -0.4 is 10.6 Å². The number of urea groups is 1. The lowest BCUT2D eigenvalue weighted by Crippen LogP contribution is -2.20. The van der Waals surface area contributed by atoms with Crippen molar-refractivity contribution in [2.45, 2.75) is 18.8 Å². The van der Waals surface area contributed by atoms with Gasteiger partial charge in [0.2, 0.25) is 0 Å². The van der Waals surface area contributed by atoms with Crippen molar-refractivity contribution < 1.29 is 13.6 Å². The van der Waals surface area contributed by atoms with Gasteiger partial charge in [0.25, 0.3) is 0 Å². The smallest absolute Gasteiger partial charge is 0.302 e. The van der Waals surface area contributed by atoms with Gasteiger partial charge in [-0.2, -0.15) is 0 Å². The van der Waals surface area contributed by atoms with E-state index in [0.29, 0.717) is 11.0 Å². The van der Waals surface area contributed by atoms with Crippen molar-refractivity contribution in [3.63, 3.8) is 0 Å². The maximum absolute atomic E-state index is 13.4. The highest BCUT2D eigenvalue weighted by molar-refractivity contribution is 7.14. The number of amides is 2. The van der Waals surface area contributed by atoms with Crippen LogP contribution in [0.3, 0.4) is 0 Å². The van der Waals surface area contributed by atoms with Gasteiger partial charge in [0.05, 0.1) is 5.69 Å². The Bertz CT molecular complexity index is 635. The van der Waals surface area contributed by atoms with Crippen LogP contribution in [-0.4, -0.2) is 11.0 Å². The second kappa shape index (κ2) is 5.16. The van der Waals surface area contributed by atoms with E-state index in [4.69, 9.17) is 0 Å². The third-order valence-electron chi connectivity index (χ3n) is 2.94. The molecule has 2 N–H and O–H groups in total. The molecule has 0 radical (unpaired) electrons. The molecule has 0 aliphatic heterocycles. The summed E-state index contributed by atoms with van der Waals surface area (Å²) in [6.07, 6.45) is 2.24. The third-order valence-corrected chi connectivity index (χ3v) is 3.72. The fraction of sp³-hybridized carbons (Fsp3) is 0.231. The Kier molecular flexibility index (Phi) is 3.35. The van der Waals surface area contributed by atoms with Crippen LogP contribution >= 0.6 is 11.3 Å². The minimum absolute atomic E-state index is 0.418. The first-order chi connectivity index (χ1) is 9.63.